The summed E-state index contributed by atoms with van der Waals surface area (Å²) in [7, 11) is -5.39. The summed E-state index contributed by atoms with van der Waals surface area (Å²) in [6.07, 6.45) is -1.03. The van der Waals surface area contributed by atoms with Gasteiger partial charge >= 0.3 is 257 Å². The molecule has 0 aliphatic heterocycles. The number of rotatable bonds is 2. The third-order valence-corrected chi connectivity index (χ3v) is 0.289. The average molecular weight is 393 g/mol. The second-order valence-electron chi connectivity index (χ2n) is 1.37. The summed E-state index contributed by atoms with van der Waals surface area (Å²) < 4.78 is 8.55. The molecule has 17 heavy (non-hydrogen) atoms. The summed E-state index contributed by atoms with van der Waals surface area (Å²) in [6, 6.07) is 0. The molecule has 0 aliphatic rings. The van der Waals surface area contributed by atoms with E-state index >= 15 is 0 Å². The van der Waals surface area contributed by atoms with Gasteiger partial charge in [0.25, 0.3) is 0 Å². The van der Waals surface area contributed by atoms with Crippen LogP contribution in [0.1, 0.15) is 6.42 Å². The summed E-state index contributed by atoms with van der Waals surface area (Å²) in [5, 5.41) is 18.6. The van der Waals surface area contributed by atoms with Crippen molar-refractivity contribution in [2.75, 3.05) is 0 Å². The van der Waals surface area contributed by atoms with Crippen LogP contribution in [-0.4, -0.2) is 11.9 Å². The Bertz CT molecular complexity index is 197. The largest absolute Gasteiger partial charge is 1.00 e. The molecule has 0 atom stereocenters. The molecular formula is C3H2K5O8P. The van der Waals surface area contributed by atoms with Crippen LogP contribution in [0.5, 0.6) is 0 Å². The molecule has 0 spiro atoms. The zero-order valence-electron chi connectivity index (χ0n) is 10.4. The molecule has 0 heterocycles. The normalized spacial score (nSPS) is 6.76. The first kappa shape index (κ1) is 44.0. The van der Waals surface area contributed by atoms with Crippen molar-refractivity contribution in [3.8, 4) is 0 Å². The molecule has 0 aromatic heterocycles. The zero-order chi connectivity index (χ0) is 10.4. The summed E-state index contributed by atoms with van der Waals surface area (Å²) in [5.41, 5.74) is 0. The van der Waals surface area contributed by atoms with E-state index in [0.717, 1.165) is 0 Å². The Morgan fingerprint density at radius 3 is 0.882 bits per heavy atom. The summed E-state index contributed by atoms with van der Waals surface area (Å²) in [6.45, 7) is 0. The molecule has 0 saturated heterocycles. The van der Waals surface area contributed by atoms with Crippen molar-refractivity contribution in [2.24, 2.45) is 0 Å². The van der Waals surface area contributed by atoms with Crippen molar-refractivity contribution in [2.45, 2.75) is 6.42 Å². The van der Waals surface area contributed by atoms with Crippen LogP contribution in [0, 0.1) is 0 Å². The number of carbonyl (C=O) groups excluding carboxylic acids is 2. The van der Waals surface area contributed by atoms with Crippen LogP contribution >= 0.6 is 7.82 Å². The van der Waals surface area contributed by atoms with Crippen molar-refractivity contribution in [3.05, 3.63) is 0 Å². The molecule has 0 saturated carbocycles. The van der Waals surface area contributed by atoms with E-state index in [1.807, 2.05) is 0 Å². The molecule has 0 aromatic carbocycles. The van der Waals surface area contributed by atoms with Gasteiger partial charge < -0.3 is 39.0 Å². The zero-order valence-corrected chi connectivity index (χ0v) is 26.9. The van der Waals surface area contributed by atoms with Gasteiger partial charge in [-0.2, -0.15) is 7.82 Å². The van der Waals surface area contributed by atoms with Crippen molar-refractivity contribution < 1.29 is 296 Å². The van der Waals surface area contributed by atoms with E-state index in [-0.39, 0.29) is 257 Å². The van der Waals surface area contributed by atoms with E-state index in [0.29, 0.717) is 0 Å². The minimum atomic E-state index is -5.39. The van der Waals surface area contributed by atoms with Crippen LogP contribution in [0.25, 0.3) is 0 Å². The van der Waals surface area contributed by atoms with Crippen LogP contribution in [0.3, 0.4) is 0 Å². The van der Waals surface area contributed by atoms with Gasteiger partial charge in [-0.15, -0.1) is 0 Å². The fourth-order valence-corrected chi connectivity index (χ4v) is 0.118. The molecule has 0 N–H and O–H groups in total. The predicted octanol–water partition coefficient (Wildman–Crippen LogP) is -20.9. The van der Waals surface area contributed by atoms with Crippen molar-refractivity contribution in [3.63, 3.8) is 0 Å². The van der Waals surface area contributed by atoms with Gasteiger partial charge in [0.15, 0.2) is 0 Å². The van der Waals surface area contributed by atoms with Gasteiger partial charge in [-0.3, -0.25) is 0 Å². The van der Waals surface area contributed by atoms with Gasteiger partial charge in [0.05, 0.1) is 0 Å². The molecule has 8 nitrogen and oxygen atoms in total. The standard InChI is InChI=1S/C3H4O4.5K.H3O4P/c4-2(5)1-3(6)7;;;;;;1-5(2,3)4/h1H2,(H,4,5)(H,6,7);;;;;;(H3,1,2,3,4)/q;5*+1;/p-5. The molecule has 72 valence electrons. The maximum Gasteiger partial charge on any atom is 1.00 e. The van der Waals surface area contributed by atoms with Crippen molar-refractivity contribution in [1.82, 2.24) is 0 Å². The fraction of sp³-hybridized carbons (Fsp3) is 0.333. The molecular weight excluding hydrogens is 390 g/mol. The topological polar surface area (TPSA) is 167 Å². The van der Waals surface area contributed by atoms with Crippen LogP contribution in [0.15, 0.2) is 0 Å². The first-order chi connectivity index (χ1) is 5.13. The molecule has 14 heteroatoms. The number of phosphoric acid groups is 1. The van der Waals surface area contributed by atoms with Gasteiger partial charge in [0.2, 0.25) is 0 Å². The molecule has 0 aromatic rings. The van der Waals surface area contributed by atoms with Crippen LogP contribution in [0.2, 0.25) is 0 Å². The number of carboxylic acids is 2. The molecule has 0 aliphatic carbocycles. The Hall–Kier alpha value is 7.23. The van der Waals surface area contributed by atoms with Gasteiger partial charge in [-0.25, -0.2) is 0 Å². The Labute approximate surface area is 311 Å². The van der Waals surface area contributed by atoms with Crippen molar-refractivity contribution in [1.29, 1.82) is 0 Å². The second kappa shape index (κ2) is 28.1. The fourth-order valence-electron chi connectivity index (χ4n) is 0.118. The van der Waals surface area contributed by atoms with E-state index in [1.165, 1.54) is 0 Å². The van der Waals surface area contributed by atoms with Gasteiger partial charge in [0, 0.05) is 18.4 Å². The first-order valence-electron chi connectivity index (χ1n) is 2.25. The smallest absolute Gasteiger partial charge is 0.822 e. The SMILES string of the molecule is O=C([O-])CC(=O)[O-].O=P([O-])([O-])[O-].[K+].[K+].[K+].[K+].[K+]. The molecule has 0 bridgehead atoms. The number of carbonyl (C=O) groups is 2. The quantitative estimate of drug-likeness (QED) is 0.254. The summed E-state index contributed by atoms with van der Waals surface area (Å²) in [5.74, 6) is -3.25. The number of hydrogen-bond acceptors (Lipinski definition) is 8. The first-order valence-corrected chi connectivity index (χ1v) is 3.71. The van der Waals surface area contributed by atoms with E-state index < -0.39 is 26.2 Å². The maximum atomic E-state index is 9.28. The molecule has 0 amide bonds. The number of hydrogen-bond donors (Lipinski definition) is 0. The van der Waals surface area contributed by atoms with Gasteiger partial charge in [0.1, 0.15) is 0 Å². The minimum Gasteiger partial charge on any atom is -0.822 e. The Morgan fingerprint density at radius 2 is 0.882 bits per heavy atom. The second-order valence-corrected chi connectivity index (χ2v) is 2.26. The van der Waals surface area contributed by atoms with Crippen molar-refractivity contribution >= 4 is 19.8 Å². The Kier molecular flexibility index (Phi) is 72.7. The molecule has 0 rings (SSSR count). The van der Waals surface area contributed by atoms with Crippen LogP contribution < -0.4 is 282 Å². The minimum absolute atomic E-state index is 0. The number of carboxylic acid groups (broad SMARTS) is 2. The van der Waals surface area contributed by atoms with Gasteiger partial charge in [-0.1, -0.05) is 0 Å². The molecule has 0 fully saturated rings. The van der Waals surface area contributed by atoms with Crippen LogP contribution in [0.4, 0.5) is 0 Å². The van der Waals surface area contributed by atoms with Gasteiger partial charge in [-0.05, 0) is 0 Å². The summed E-state index contributed by atoms with van der Waals surface area (Å²) in [4.78, 5) is 44.2. The van der Waals surface area contributed by atoms with E-state index in [2.05, 4.69) is 0 Å². The third-order valence-electron chi connectivity index (χ3n) is 0.289. The summed E-state index contributed by atoms with van der Waals surface area (Å²) >= 11 is 0. The Balaban J connectivity index is -0.0000000187. The third kappa shape index (κ3) is 83.0. The number of aliphatic carboxylic acids is 2. The van der Waals surface area contributed by atoms with E-state index in [9.17, 15) is 19.8 Å². The maximum absolute atomic E-state index is 9.28. The Morgan fingerprint density at radius 1 is 0.765 bits per heavy atom. The molecule has 0 unspecified atom stereocenters. The predicted molar refractivity (Wildman–Crippen MR) is 22.2 cm³/mol. The average Bonchev–Trinajstić information content (AvgIpc) is 1.52. The van der Waals surface area contributed by atoms with E-state index in [1.54, 1.807) is 0 Å². The monoisotopic (exact) mass is 392 g/mol. The molecule has 0 radical (unpaired) electrons. The van der Waals surface area contributed by atoms with E-state index in [4.69, 9.17) is 19.2 Å². The van der Waals surface area contributed by atoms with Crippen LogP contribution in [-0.2, 0) is 14.2 Å².